The van der Waals surface area contributed by atoms with Crippen LogP contribution in [0.3, 0.4) is 0 Å². The number of hydrogen-bond donors (Lipinski definition) is 5. The van der Waals surface area contributed by atoms with Crippen molar-refractivity contribution < 1.29 is 43.5 Å². The minimum absolute atomic E-state index is 0.0390. The lowest BCUT2D eigenvalue weighted by Crippen LogP contribution is -2.61. The fourth-order valence-corrected chi connectivity index (χ4v) is 6.04. The van der Waals surface area contributed by atoms with Crippen LogP contribution in [0.25, 0.3) is 0 Å². The zero-order valence-corrected chi connectivity index (χ0v) is 30.0. The average Bonchev–Trinajstić information content (AvgIpc) is 3.56. The quantitative estimate of drug-likeness (QED) is 0.106. The molecule has 1 aromatic heterocycles. The molecular weight excluding hydrogens is 674 g/mol. The molecule has 5 N–H and O–H groups in total. The van der Waals surface area contributed by atoms with E-state index in [1.807, 2.05) is 6.92 Å². The van der Waals surface area contributed by atoms with E-state index >= 15 is 0 Å². The molecule has 1 unspecified atom stereocenters. The van der Waals surface area contributed by atoms with E-state index in [-0.39, 0.29) is 31.0 Å². The van der Waals surface area contributed by atoms with Crippen LogP contribution in [0, 0.1) is 11.8 Å². The second-order valence-electron chi connectivity index (χ2n) is 13.0. The summed E-state index contributed by atoms with van der Waals surface area (Å²) in [5.74, 6) is -8.19. The fraction of sp³-hybridized carbons (Fsp3) is 0.500. The third-order valence-electron chi connectivity index (χ3n) is 8.89. The van der Waals surface area contributed by atoms with E-state index in [0.717, 1.165) is 6.92 Å². The van der Waals surface area contributed by atoms with Crippen LogP contribution in [0.4, 0.5) is 0 Å². The van der Waals surface area contributed by atoms with E-state index in [1.165, 1.54) is 23.5 Å². The number of aliphatic carboxylic acids is 1. The van der Waals surface area contributed by atoms with Gasteiger partial charge in [-0.15, -0.1) is 0 Å². The molecule has 16 heteroatoms. The first kappa shape index (κ1) is 40.9. The van der Waals surface area contributed by atoms with Crippen molar-refractivity contribution in [3.63, 3.8) is 0 Å². The highest BCUT2D eigenvalue weighted by molar-refractivity contribution is 6.38. The van der Waals surface area contributed by atoms with Crippen LogP contribution in [0.2, 0.25) is 0 Å². The smallest absolute Gasteiger partial charge is 0.326 e. The summed E-state index contributed by atoms with van der Waals surface area (Å²) in [6.07, 6.45) is 5.11. The van der Waals surface area contributed by atoms with Gasteiger partial charge in [0.2, 0.25) is 17.6 Å². The minimum Gasteiger partial charge on any atom is -0.480 e. The van der Waals surface area contributed by atoms with Gasteiger partial charge in [-0.1, -0.05) is 70.9 Å². The first-order chi connectivity index (χ1) is 24.7. The second-order valence-corrected chi connectivity index (χ2v) is 13.0. The molecule has 280 valence electrons. The second kappa shape index (κ2) is 19.2. The molecule has 6 atom stereocenters. The molecule has 0 aliphatic carbocycles. The van der Waals surface area contributed by atoms with E-state index in [0.29, 0.717) is 24.8 Å². The minimum atomic E-state index is -1.69. The Balaban J connectivity index is 1.77. The number of carboxylic acid groups (broad SMARTS) is 1. The Morgan fingerprint density at radius 2 is 1.62 bits per heavy atom. The summed E-state index contributed by atoms with van der Waals surface area (Å²) < 4.78 is 0. The molecule has 0 saturated carbocycles. The molecule has 0 radical (unpaired) electrons. The van der Waals surface area contributed by atoms with Gasteiger partial charge in [-0.25, -0.2) is 9.78 Å². The fourth-order valence-electron chi connectivity index (χ4n) is 6.04. The van der Waals surface area contributed by atoms with Crippen LogP contribution >= 0.6 is 0 Å². The highest BCUT2D eigenvalue weighted by atomic mass is 16.4. The number of nitrogens with zero attached hydrogens (tertiary/aromatic N) is 3. The number of carboxylic acids is 1. The van der Waals surface area contributed by atoms with Gasteiger partial charge in [-0.05, 0) is 37.2 Å². The van der Waals surface area contributed by atoms with Gasteiger partial charge in [-0.2, -0.15) is 0 Å². The summed E-state index contributed by atoms with van der Waals surface area (Å²) >= 11 is 0. The first-order valence-electron chi connectivity index (χ1n) is 17.3. The van der Waals surface area contributed by atoms with Crippen LogP contribution in [0.1, 0.15) is 76.4 Å². The van der Waals surface area contributed by atoms with Crippen LogP contribution in [-0.2, 0) is 40.0 Å². The Kier molecular flexibility index (Phi) is 15.1. The largest absolute Gasteiger partial charge is 0.480 e. The summed E-state index contributed by atoms with van der Waals surface area (Å²) in [6, 6.07) is 1.83. The lowest BCUT2D eigenvalue weighted by molar-refractivity contribution is -0.147. The van der Waals surface area contributed by atoms with Crippen LogP contribution in [-0.4, -0.2) is 104 Å². The van der Waals surface area contributed by atoms with Crippen LogP contribution < -0.4 is 21.3 Å². The third kappa shape index (κ3) is 10.7. The van der Waals surface area contributed by atoms with Crippen molar-refractivity contribution >= 4 is 47.1 Å². The lowest BCUT2D eigenvalue weighted by Gasteiger charge is -2.31. The SMILES string of the molecule is CCCC(NC(=O)[C@@H]1[C@@H](CC)CCN1C(=O)[C@@H](NC(=O)[C@@H](NC(=O)c1cnccn1)C(C)C)C(C)=O)C(=O)C(=O)N[C@@H](Cc1ccccc1)C(=O)O. The Morgan fingerprint density at radius 1 is 0.923 bits per heavy atom. The standard InChI is InChI=1S/C36H47N7O9/c1-6-11-24(30(45)34(49)40-25(36(51)52)18-22-12-9-8-10-13-22)39-33(48)29-23(7-2)14-17-43(29)35(50)28(21(5)44)42-32(47)27(20(3)4)41-31(46)26-19-37-15-16-38-26/h8-10,12-13,15-16,19-20,23-25,27-29H,6-7,11,14,17-18H2,1-5H3,(H,39,48)(H,40,49)(H,41,46)(H,42,47)(H,51,52)/t23-,24?,25-,27-,28-,29-/m0/s1. The monoisotopic (exact) mass is 721 g/mol. The predicted octanol–water partition coefficient (Wildman–Crippen LogP) is 0.598. The van der Waals surface area contributed by atoms with E-state index in [9.17, 15) is 43.5 Å². The van der Waals surface area contributed by atoms with Gasteiger partial charge in [0.05, 0.1) is 12.2 Å². The number of rotatable bonds is 18. The van der Waals surface area contributed by atoms with Crippen molar-refractivity contribution in [2.24, 2.45) is 11.8 Å². The van der Waals surface area contributed by atoms with Crippen molar-refractivity contribution in [2.75, 3.05) is 6.54 Å². The van der Waals surface area contributed by atoms with Gasteiger partial charge < -0.3 is 31.3 Å². The zero-order valence-electron chi connectivity index (χ0n) is 30.0. The highest BCUT2D eigenvalue weighted by Crippen LogP contribution is 2.28. The molecule has 1 fully saturated rings. The Hall–Kier alpha value is -5.54. The number of benzene rings is 1. The van der Waals surface area contributed by atoms with Gasteiger partial charge in [-0.3, -0.25) is 38.5 Å². The van der Waals surface area contributed by atoms with Crippen molar-refractivity contribution in [3.8, 4) is 0 Å². The van der Waals surface area contributed by atoms with Gasteiger partial charge in [0.1, 0.15) is 23.8 Å². The molecule has 3 rings (SSSR count). The summed E-state index contributed by atoms with van der Waals surface area (Å²) in [6.45, 7) is 8.07. The van der Waals surface area contributed by atoms with Crippen molar-refractivity contribution in [1.29, 1.82) is 0 Å². The van der Waals surface area contributed by atoms with Gasteiger partial charge in [0.15, 0.2) is 11.8 Å². The molecule has 5 amide bonds. The summed E-state index contributed by atoms with van der Waals surface area (Å²) in [4.78, 5) is 114. The molecule has 1 aliphatic rings. The number of amides is 5. The van der Waals surface area contributed by atoms with Gasteiger partial charge in [0.25, 0.3) is 17.7 Å². The summed E-state index contributed by atoms with van der Waals surface area (Å²) in [5.41, 5.74) is 0.590. The van der Waals surface area contributed by atoms with E-state index in [1.54, 1.807) is 51.1 Å². The number of nitrogens with one attached hydrogen (secondary N) is 4. The number of Topliss-reactive ketones (excluding diaryl/α,β-unsaturated/α-hetero) is 2. The van der Waals surface area contributed by atoms with Crippen molar-refractivity contribution in [3.05, 3.63) is 60.2 Å². The lowest BCUT2D eigenvalue weighted by atomic mass is 9.95. The number of carbonyl (C=O) groups is 8. The van der Waals surface area contributed by atoms with E-state index < -0.39 is 83.2 Å². The Morgan fingerprint density at radius 3 is 2.17 bits per heavy atom. The molecule has 1 aromatic carbocycles. The van der Waals surface area contributed by atoms with Gasteiger partial charge >= 0.3 is 5.97 Å². The summed E-state index contributed by atoms with van der Waals surface area (Å²) in [5, 5.41) is 19.6. The third-order valence-corrected chi connectivity index (χ3v) is 8.89. The normalized spacial score (nSPS) is 17.6. The van der Waals surface area contributed by atoms with E-state index in [2.05, 4.69) is 31.2 Å². The number of hydrogen-bond acceptors (Lipinski definition) is 10. The zero-order chi connectivity index (χ0) is 38.5. The summed E-state index contributed by atoms with van der Waals surface area (Å²) in [7, 11) is 0. The maximum atomic E-state index is 13.9. The molecule has 0 bridgehead atoms. The van der Waals surface area contributed by atoms with Gasteiger partial charge in [0, 0.05) is 25.4 Å². The van der Waals surface area contributed by atoms with E-state index in [4.69, 9.17) is 0 Å². The Labute approximate surface area is 301 Å². The highest BCUT2D eigenvalue weighted by Gasteiger charge is 2.45. The molecule has 2 aromatic rings. The molecule has 52 heavy (non-hydrogen) atoms. The number of aromatic nitrogens is 2. The molecule has 1 aliphatic heterocycles. The van der Waals surface area contributed by atoms with Crippen molar-refractivity contribution in [1.82, 2.24) is 36.1 Å². The maximum Gasteiger partial charge on any atom is 0.326 e. The molecule has 0 spiro atoms. The molecule has 1 saturated heterocycles. The number of carbonyl (C=O) groups excluding carboxylic acids is 7. The number of likely N-dealkylation sites (tertiary alicyclic amines) is 1. The molecule has 2 heterocycles. The first-order valence-corrected chi connectivity index (χ1v) is 17.3. The molecular formula is C36H47N7O9. The Bertz CT molecular complexity index is 1620. The van der Waals surface area contributed by atoms with Crippen LogP contribution in [0.15, 0.2) is 48.9 Å². The topological polar surface area (TPSA) is 234 Å². The average molecular weight is 722 g/mol. The number of ketones is 2. The molecule has 16 nitrogen and oxygen atoms in total. The van der Waals surface area contributed by atoms with Crippen LogP contribution in [0.5, 0.6) is 0 Å². The predicted molar refractivity (Wildman–Crippen MR) is 186 cm³/mol. The maximum absolute atomic E-state index is 13.9. The van der Waals surface area contributed by atoms with Crippen molar-refractivity contribution in [2.45, 2.75) is 96.9 Å².